The van der Waals surface area contributed by atoms with Crippen molar-refractivity contribution in [3.8, 4) is 11.4 Å². The molecular weight excluding hydrogens is 364 g/mol. The van der Waals surface area contributed by atoms with E-state index in [4.69, 9.17) is 16.1 Å². The quantitative estimate of drug-likeness (QED) is 0.558. The Morgan fingerprint density at radius 2 is 2.04 bits per heavy atom. The third-order valence-corrected chi connectivity index (χ3v) is 4.81. The van der Waals surface area contributed by atoms with Crippen LogP contribution in [0.5, 0.6) is 0 Å². The lowest BCUT2D eigenvalue weighted by atomic mass is 10.1. The van der Waals surface area contributed by atoms with Gasteiger partial charge in [-0.05, 0) is 38.1 Å². The number of piperidine rings is 1. The normalized spacial score (nSPS) is 15.7. The highest BCUT2D eigenvalue weighted by Gasteiger charge is 2.11. The maximum absolute atomic E-state index is 6.01. The number of likely N-dealkylation sites (tertiary alicyclic amines) is 1. The molecular formula is C19H27ClN6O. The van der Waals surface area contributed by atoms with Gasteiger partial charge >= 0.3 is 0 Å². The van der Waals surface area contributed by atoms with Crippen molar-refractivity contribution in [1.82, 2.24) is 25.7 Å². The predicted octanol–water partition coefficient (Wildman–Crippen LogP) is 2.58. The fourth-order valence-corrected chi connectivity index (χ4v) is 3.32. The first-order chi connectivity index (χ1) is 13.2. The number of aliphatic imine (C=N–C) groups is 1. The minimum Gasteiger partial charge on any atom is -0.356 e. The lowest BCUT2D eigenvalue weighted by molar-refractivity contribution is 0.232. The summed E-state index contributed by atoms with van der Waals surface area (Å²) in [6.45, 7) is 5.02. The molecule has 0 atom stereocenters. The van der Waals surface area contributed by atoms with Crippen molar-refractivity contribution in [2.24, 2.45) is 4.99 Å². The van der Waals surface area contributed by atoms with Gasteiger partial charge in [0, 0.05) is 43.7 Å². The van der Waals surface area contributed by atoms with Crippen LogP contribution < -0.4 is 10.6 Å². The Labute approximate surface area is 165 Å². The molecule has 27 heavy (non-hydrogen) atoms. The summed E-state index contributed by atoms with van der Waals surface area (Å²) in [5.41, 5.74) is 0.848. The van der Waals surface area contributed by atoms with Gasteiger partial charge in [0.05, 0.1) is 0 Å². The summed E-state index contributed by atoms with van der Waals surface area (Å²) in [6.07, 6.45) is 4.62. The second-order valence-electron chi connectivity index (χ2n) is 6.60. The summed E-state index contributed by atoms with van der Waals surface area (Å²) in [6, 6.07) is 7.42. The summed E-state index contributed by atoms with van der Waals surface area (Å²) < 4.78 is 5.32. The largest absolute Gasteiger partial charge is 0.356 e. The molecule has 0 saturated carbocycles. The minimum absolute atomic E-state index is 0.552. The molecule has 0 bridgehead atoms. The summed E-state index contributed by atoms with van der Waals surface area (Å²) >= 11 is 6.01. The molecule has 3 rings (SSSR count). The van der Waals surface area contributed by atoms with Crippen LogP contribution in [0.25, 0.3) is 11.4 Å². The summed E-state index contributed by atoms with van der Waals surface area (Å²) in [5, 5.41) is 11.3. The second-order valence-corrected chi connectivity index (χ2v) is 7.04. The maximum Gasteiger partial charge on any atom is 0.228 e. The zero-order valence-corrected chi connectivity index (χ0v) is 16.5. The summed E-state index contributed by atoms with van der Waals surface area (Å²) in [4.78, 5) is 11.2. The van der Waals surface area contributed by atoms with E-state index in [2.05, 4.69) is 30.7 Å². The van der Waals surface area contributed by atoms with E-state index in [9.17, 15) is 0 Å². The van der Waals surface area contributed by atoms with E-state index in [-0.39, 0.29) is 0 Å². The molecule has 1 fully saturated rings. The molecule has 7 nitrogen and oxygen atoms in total. The van der Waals surface area contributed by atoms with Crippen LogP contribution in [0.15, 0.2) is 33.8 Å². The van der Waals surface area contributed by atoms with Gasteiger partial charge in [-0.15, -0.1) is 0 Å². The highest BCUT2D eigenvalue weighted by Crippen LogP contribution is 2.19. The fourth-order valence-electron chi connectivity index (χ4n) is 3.13. The molecule has 146 valence electrons. The number of nitrogens with zero attached hydrogens (tertiary/aromatic N) is 4. The molecule has 2 aromatic rings. The number of halogens is 1. The summed E-state index contributed by atoms with van der Waals surface area (Å²) in [7, 11) is 1.78. The first-order valence-electron chi connectivity index (χ1n) is 9.50. The Kier molecular flexibility index (Phi) is 7.47. The van der Waals surface area contributed by atoms with E-state index in [1.165, 1.54) is 32.4 Å². The third-order valence-electron chi connectivity index (χ3n) is 4.57. The molecule has 0 spiro atoms. The van der Waals surface area contributed by atoms with Crippen molar-refractivity contribution in [3.05, 3.63) is 35.2 Å². The van der Waals surface area contributed by atoms with E-state index < -0.39 is 0 Å². The van der Waals surface area contributed by atoms with Crippen LogP contribution in [0.4, 0.5) is 0 Å². The van der Waals surface area contributed by atoms with Gasteiger partial charge in [0.25, 0.3) is 0 Å². The molecule has 0 unspecified atom stereocenters. The van der Waals surface area contributed by atoms with Crippen LogP contribution in [-0.2, 0) is 6.42 Å². The van der Waals surface area contributed by atoms with Crippen LogP contribution in [-0.4, -0.2) is 60.8 Å². The second kappa shape index (κ2) is 10.3. The molecule has 2 heterocycles. The van der Waals surface area contributed by atoms with Gasteiger partial charge in [0.2, 0.25) is 11.7 Å². The standard InChI is InChI=1S/C19H27ClN6O/c1-21-19(23-10-13-26-11-3-2-4-12-26)22-9-8-17-24-18(25-27-17)15-6-5-7-16(20)14-15/h5-7,14H,2-4,8-13H2,1H3,(H2,21,22,23). The maximum atomic E-state index is 6.01. The lowest BCUT2D eigenvalue weighted by Gasteiger charge is -2.26. The lowest BCUT2D eigenvalue weighted by Crippen LogP contribution is -2.43. The number of guanidine groups is 1. The van der Waals surface area contributed by atoms with Crippen LogP contribution in [0, 0.1) is 0 Å². The Morgan fingerprint density at radius 1 is 1.22 bits per heavy atom. The zero-order valence-electron chi connectivity index (χ0n) is 15.7. The van der Waals surface area contributed by atoms with E-state index >= 15 is 0 Å². The first kappa shape index (κ1) is 19.6. The van der Waals surface area contributed by atoms with Crippen molar-refractivity contribution >= 4 is 17.6 Å². The van der Waals surface area contributed by atoms with Crippen LogP contribution in [0.2, 0.25) is 5.02 Å². The molecule has 1 saturated heterocycles. The van der Waals surface area contributed by atoms with Crippen molar-refractivity contribution in [2.45, 2.75) is 25.7 Å². The van der Waals surface area contributed by atoms with Gasteiger partial charge in [-0.1, -0.05) is 35.3 Å². The number of rotatable bonds is 7. The van der Waals surface area contributed by atoms with E-state index in [1.54, 1.807) is 7.05 Å². The SMILES string of the molecule is CN=C(NCCc1nc(-c2cccc(Cl)c2)no1)NCCN1CCCCC1. The number of benzene rings is 1. The first-order valence-corrected chi connectivity index (χ1v) is 9.88. The van der Waals surface area contributed by atoms with E-state index in [0.717, 1.165) is 24.6 Å². The predicted molar refractivity (Wildman–Crippen MR) is 108 cm³/mol. The zero-order chi connectivity index (χ0) is 18.9. The van der Waals surface area contributed by atoms with Gasteiger partial charge in [0.15, 0.2) is 5.96 Å². The van der Waals surface area contributed by atoms with Gasteiger partial charge < -0.3 is 20.1 Å². The van der Waals surface area contributed by atoms with Crippen molar-refractivity contribution < 1.29 is 4.52 Å². The molecule has 2 N–H and O–H groups in total. The average molecular weight is 391 g/mol. The smallest absolute Gasteiger partial charge is 0.228 e. The highest BCUT2D eigenvalue weighted by molar-refractivity contribution is 6.30. The van der Waals surface area contributed by atoms with Crippen molar-refractivity contribution in [1.29, 1.82) is 0 Å². The van der Waals surface area contributed by atoms with E-state index in [0.29, 0.717) is 29.7 Å². The number of hydrogen-bond donors (Lipinski definition) is 2. The third kappa shape index (κ3) is 6.22. The molecule has 1 aromatic heterocycles. The molecule has 0 amide bonds. The molecule has 1 aliphatic heterocycles. The number of aromatic nitrogens is 2. The van der Waals surface area contributed by atoms with Gasteiger partial charge in [-0.2, -0.15) is 4.98 Å². The van der Waals surface area contributed by atoms with Crippen LogP contribution in [0.1, 0.15) is 25.2 Å². The minimum atomic E-state index is 0.552. The molecule has 8 heteroatoms. The highest BCUT2D eigenvalue weighted by atomic mass is 35.5. The van der Waals surface area contributed by atoms with Gasteiger partial charge in [-0.3, -0.25) is 4.99 Å². The summed E-state index contributed by atoms with van der Waals surface area (Å²) in [5.74, 6) is 1.93. The Balaban J connectivity index is 1.39. The monoisotopic (exact) mass is 390 g/mol. The van der Waals surface area contributed by atoms with E-state index in [1.807, 2.05) is 24.3 Å². The van der Waals surface area contributed by atoms with Crippen molar-refractivity contribution in [2.75, 3.05) is 39.8 Å². The Bertz CT molecular complexity index is 741. The van der Waals surface area contributed by atoms with Gasteiger partial charge in [0.1, 0.15) is 0 Å². The molecule has 0 radical (unpaired) electrons. The fraction of sp³-hybridized carbons (Fsp3) is 0.526. The number of hydrogen-bond acceptors (Lipinski definition) is 5. The molecule has 1 aromatic carbocycles. The van der Waals surface area contributed by atoms with Crippen LogP contribution in [0.3, 0.4) is 0 Å². The van der Waals surface area contributed by atoms with Crippen molar-refractivity contribution in [3.63, 3.8) is 0 Å². The topological polar surface area (TPSA) is 78.6 Å². The average Bonchev–Trinajstić information content (AvgIpc) is 3.16. The molecule has 0 aliphatic carbocycles. The van der Waals surface area contributed by atoms with Gasteiger partial charge in [-0.25, -0.2) is 0 Å². The Morgan fingerprint density at radius 3 is 2.81 bits per heavy atom. The molecule has 1 aliphatic rings. The Hall–Kier alpha value is -2.12. The van der Waals surface area contributed by atoms with Crippen LogP contribution >= 0.6 is 11.6 Å². The number of nitrogens with one attached hydrogen (secondary N) is 2.